The highest BCUT2D eigenvalue weighted by Crippen LogP contribution is 2.26. The summed E-state index contributed by atoms with van der Waals surface area (Å²) < 4.78 is 3.93. The number of nitrogens with two attached hydrogens (primary N) is 1. The number of nitrogens with one attached hydrogen (secondary N) is 2. The number of rotatable bonds is 5. The van der Waals surface area contributed by atoms with Gasteiger partial charge in [-0.3, -0.25) is 4.79 Å². The lowest BCUT2D eigenvalue weighted by Crippen LogP contribution is -2.20. The molecule has 6 heteroatoms. The van der Waals surface area contributed by atoms with Crippen molar-refractivity contribution in [2.45, 2.75) is 6.42 Å². The standard InChI is InChI=1S/C9H14N4OS/c1-3-4-5-12-9-6(8(14)11-2)7(10)13-15-9/h3,12H,1,4-5H2,2H3,(H2,10,13)(H,11,14). The van der Waals surface area contributed by atoms with Gasteiger partial charge in [-0.15, -0.1) is 6.58 Å². The van der Waals surface area contributed by atoms with Gasteiger partial charge < -0.3 is 16.4 Å². The molecule has 0 unspecified atom stereocenters. The molecule has 1 aromatic heterocycles. The molecule has 0 saturated carbocycles. The number of carbonyl (C=O) groups is 1. The average Bonchev–Trinajstić information content (AvgIpc) is 2.59. The zero-order chi connectivity index (χ0) is 11.3. The van der Waals surface area contributed by atoms with Gasteiger partial charge in [-0.25, -0.2) is 0 Å². The first kappa shape index (κ1) is 11.5. The SMILES string of the molecule is C=CCCNc1snc(N)c1C(=O)NC. The molecule has 1 rings (SSSR count). The van der Waals surface area contributed by atoms with Gasteiger partial charge in [0.1, 0.15) is 10.6 Å². The second-order valence-electron chi connectivity index (χ2n) is 2.86. The van der Waals surface area contributed by atoms with Crippen LogP contribution in [0.25, 0.3) is 0 Å². The van der Waals surface area contributed by atoms with Crippen molar-refractivity contribution in [1.29, 1.82) is 0 Å². The normalized spacial score (nSPS) is 9.67. The minimum absolute atomic E-state index is 0.220. The van der Waals surface area contributed by atoms with Crippen LogP contribution in [0.4, 0.5) is 10.8 Å². The highest BCUT2D eigenvalue weighted by atomic mass is 32.1. The molecule has 15 heavy (non-hydrogen) atoms. The topological polar surface area (TPSA) is 80.0 Å². The predicted octanol–water partition coefficient (Wildman–Crippen LogP) is 1.07. The summed E-state index contributed by atoms with van der Waals surface area (Å²) in [5, 5.41) is 6.32. The summed E-state index contributed by atoms with van der Waals surface area (Å²) in [5.41, 5.74) is 6.02. The summed E-state index contributed by atoms with van der Waals surface area (Å²) in [6.07, 6.45) is 2.63. The third-order valence-corrected chi connectivity index (χ3v) is 2.63. The van der Waals surface area contributed by atoms with Crippen LogP contribution in [0.2, 0.25) is 0 Å². The van der Waals surface area contributed by atoms with Crippen LogP contribution in [0, 0.1) is 0 Å². The highest BCUT2D eigenvalue weighted by Gasteiger charge is 2.17. The molecule has 5 nitrogen and oxygen atoms in total. The fourth-order valence-corrected chi connectivity index (χ4v) is 1.79. The van der Waals surface area contributed by atoms with Gasteiger partial charge in [0.25, 0.3) is 5.91 Å². The van der Waals surface area contributed by atoms with E-state index in [1.807, 2.05) is 0 Å². The van der Waals surface area contributed by atoms with Gasteiger partial charge in [-0.05, 0) is 18.0 Å². The minimum atomic E-state index is -0.220. The maximum atomic E-state index is 11.5. The Morgan fingerprint density at radius 1 is 1.73 bits per heavy atom. The molecule has 0 aromatic carbocycles. The molecular formula is C9H14N4OS. The van der Waals surface area contributed by atoms with Crippen molar-refractivity contribution in [2.24, 2.45) is 0 Å². The van der Waals surface area contributed by atoms with Crippen LogP contribution in [-0.4, -0.2) is 23.9 Å². The third-order valence-electron chi connectivity index (χ3n) is 1.81. The van der Waals surface area contributed by atoms with E-state index in [-0.39, 0.29) is 11.7 Å². The van der Waals surface area contributed by atoms with Gasteiger partial charge in [0, 0.05) is 13.6 Å². The van der Waals surface area contributed by atoms with Crippen molar-refractivity contribution in [1.82, 2.24) is 9.69 Å². The average molecular weight is 226 g/mol. The highest BCUT2D eigenvalue weighted by molar-refractivity contribution is 7.11. The molecule has 0 aliphatic rings. The van der Waals surface area contributed by atoms with Crippen molar-refractivity contribution >= 4 is 28.3 Å². The number of aromatic nitrogens is 1. The lowest BCUT2D eigenvalue weighted by atomic mass is 10.3. The molecule has 1 aromatic rings. The molecule has 0 spiro atoms. The number of nitrogens with zero attached hydrogens (tertiary/aromatic N) is 1. The molecule has 0 fully saturated rings. The van der Waals surface area contributed by atoms with Crippen molar-refractivity contribution in [3.05, 3.63) is 18.2 Å². The first-order valence-electron chi connectivity index (χ1n) is 4.52. The summed E-state index contributed by atoms with van der Waals surface area (Å²) in [7, 11) is 1.56. The van der Waals surface area contributed by atoms with E-state index in [9.17, 15) is 4.79 Å². The number of carbonyl (C=O) groups excluding carboxylic acids is 1. The molecule has 4 N–H and O–H groups in total. The molecule has 0 atom stereocenters. The Bertz CT molecular complexity index is 361. The molecule has 1 heterocycles. The van der Waals surface area contributed by atoms with E-state index in [2.05, 4.69) is 21.6 Å². The molecular weight excluding hydrogens is 212 g/mol. The van der Waals surface area contributed by atoms with E-state index >= 15 is 0 Å². The van der Waals surface area contributed by atoms with E-state index < -0.39 is 0 Å². The van der Waals surface area contributed by atoms with Crippen LogP contribution in [-0.2, 0) is 0 Å². The van der Waals surface area contributed by atoms with Crippen molar-refractivity contribution in [2.75, 3.05) is 24.6 Å². The van der Waals surface area contributed by atoms with Gasteiger partial charge in [0.05, 0.1) is 0 Å². The van der Waals surface area contributed by atoms with E-state index in [0.29, 0.717) is 10.6 Å². The number of amides is 1. The number of nitrogen functional groups attached to an aromatic ring is 1. The number of anilines is 2. The molecule has 1 amide bonds. The zero-order valence-corrected chi connectivity index (χ0v) is 9.36. The Kier molecular flexibility index (Phi) is 4.11. The Hall–Kier alpha value is -1.56. The smallest absolute Gasteiger partial charge is 0.257 e. The largest absolute Gasteiger partial charge is 0.382 e. The molecule has 0 bridgehead atoms. The summed E-state index contributed by atoms with van der Waals surface area (Å²) in [6, 6.07) is 0. The Balaban J connectivity index is 2.79. The van der Waals surface area contributed by atoms with Gasteiger partial charge in [-0.2, -0.15) is 4.37 Å². The van der Waals surface area contributed by atoms with Gasteiger partial charge >= 0.3 is 0 Å². The first-order chi connectivity index (χ1) is 7.20. The Labute approximate surface area is 92.5 Å². The van der Waals surface area contributed by atoms with Gasteiger partial charge in [0.2, 0.25) is 0 Å². The maximum Gasteiger partial charge on any atom is 0.257 e. The fraction of sp³-hybridized carbons (Fsp3) is 0.333. The van der Waals surface area contributed by atoms with E-state index in [1.54, 1.807) is 13.1 Å². The molecule has 82 valence electrons. The zero-order valence-electron chi connectivity index (χ0n) is 8.54. The third kappa shape index (κ3) is 2.69. The van der Waals surface area contributed by atoms with Crippen LogP contribution in [0.15, 0.2) is 12.7 Å². The van der Waals surface area contributed by atoms with Crippen LogP contribution in [0.1, 0.15) is 16.8 Å². The van der Waals surface area contributed by atoms with Crippen molar-refractivity contribution in [3.8, 4) is 0 Å². The first-order valence-corrected chi connectivity index (χ1v) is 5.30. The van der Waals surface area contributed by atoms with E-state index in [0.717, 1.165) is 13.0 Å². The molecule has 0 saturated heterocycles. The van der Waals surface area contributed by atoms with Crippen LogP contribution in [0.3, 0.4) is 0 Å². The summed E-state index contributed by atoms with van der Waals surface area (Å²) >= 11 is 1.19. The second kappa shape index (κ2) is 5.35. The maximum absolute atomic E-state index is 11.5. The van der Waals surface area contributed by atoms with Crippen molar-refractivity contribution < 1.29 is 4.79 Å². The van der Waals surface area contributed by atoms with Gasteiger partial charge in [-0.1, -0.05) is 6.08 Å². The number of hydrogen-bond acceptors (Lipinski definition) is 5. The fourth-order valence-electron chi connectivity index (χ4n) is 1.06. The van der Waals surface area contributed by atoms with Crippen molar-refractivity contribution in [3.63, 3.8) is 0 Å². The summed E-state index contributed by atoms with van der Waals surface area (Å²) in [6.45, 7) is 4.33. The lowest BCUT2D eigenvalue weighted by Gasteiger charge is -2.04. The van der Waals surface area contributed by atoms with Crippen LogP contribution in [0.5, 0.6) is 0 Å². The quantitative estimate of drug-likeness (QED) is 0.518. The summed E-state index contributed by atoms with van der Waals surface area (Å²) in [5.74, 6) is 0.0443. The van der Waals surface area contributed by atoms with Crippen LogP contribution >= 0.6 is 11.5 Å². The van der Waals surface area contributed by atoms with Crippen LogP contribution < -0.4 is 16.4 Å². The molecule has 0 aliphatic carbocycles. The summed E-state index contributed by atoms with van der Waals surface area (Å²) in [4.78, 5) is 11.5. The Morgan fingerprint density at radius 2 is 2.47 bits per heavy atom. The van der Waals surface area contributed by atoms with Gasteiger partial charge in [0.15, 0.2) is 5.82 Å². The predicted molar refractivity (Wildman–Crippen MR) is 63.2 cm³/mol. The lowest BCUT2D eigenvalue weighted by molar-refractivity contribution is 0.0965. The van der Waals surface area contributed by atoms with E-state index in [4.69, 9.17) is 5.73 Å². The second-order valence-corrected chi connectivity index (χ2v) is 3.63. The minimum Gasteiger partial charge on any atom is -0.382 e. The Morgan fingerprint density at radius 3 is 3.07 bits per heavy atom. The van der Waals surface area contributed by atoms with E-state index in [1.165, 1.54) is 11.5 Å². The molecule has 0 aliphatic heterocycles. The number of hydrogen-bond donors (Lipinski definition) is 3. The molecule has 0 radical (unpaired) electrons. The monoisotopic (exact) mass is 226 g/mol.